The van der Waals surface area contributed by atoms with Gasteiger partial charge in [-0.15, -0.1) is 0 Å². The van der Waals surface area contributed by atoms with Gasteiger partial charge in [0.05, 0.1) is 37.7 Å². The number of carbonyl (C=O) groups is 6. The quantitative estimate of drug-likeness (QED) is 0.0376. The van der Waals surface area contributed by atoms with Gasteiger partial charge in [0.2, 0.25) is 17.7 Å². The van der Waals surface area contributed by atoms with Crippen LogP contribution >= 0.6 is 0 Å². The van der Waals surface area contributed by atoms with E-state index in [0.717, 1.165) is 0 Å². The van der Waals surface area contributed by atoms with Crippen molar-refractivity contribution in [2.75, 3.05) is 104 Å². The molecule has 2 atom stereocenters. The first-order valence-electron chi connectivity index (χ1n) is 23.0. The zero-order valence-corrected chi connectivity index (χ0v) is 43.9. The average Bonchev–Trinajstić information content (AvgIpc) is 3.15. The standard InChI is InChI=1S/C45H77N7O15S2/c1-32-25-34(26-33(2)41(32)68(59)60)64-24-12-13-36(53)46-14-15-47-42(58)35(31-69(61,62)63)48-37(54)27-49-16-18-50(28-38(55)65-43(3,4)5)20-22-52(30-40(57)67-45(9,10)11)23-21-51(19-17-49)29-39(56)66-44(6,7)8/h25-26,35H,12-24,27-31H2,1-11H3,(H,46,53)(H,47,58)(H,48,54)(H,59,60)(H,61,62,63)/t35-/m0/s1. The average molecular weight is 1020 g/mol. The Morgan fingerprint density at radius 3 is 1.39 bits per heavy atom. The van der Waals surface area contributed by atoms with E-state index in [1.807, 2.05) is 14.7 Å². The highest BCUT2D eigenvalue weighted by Gasteiger charge is 2.29. The summed E-state index contributed by atoms with van der Waals surface area (Å²) in [4.78, 5) is 86.0. The van der Waals surface area contributed by atoms with Crippen molar-refractivity contribution in [3.8, 4) is 5.75 Å². The van der Waals surface area contributed by atoms with E-state index < -0.39 is 79.5 Å². The Morgan fingerprint density at radius 1 is 0.652 bits per heavy atom. The predicted octanol–water partition coefficient (Wildman–Crippen LogP) is 0.895. The van der Waals surface area contributed by atoms with Crippen LogP contribution in [0.25, 0.3) is 0 Å². The summed E-state index contributed by atoms with van der Waals surface area (Å²) in [6, 6.07) is 1.56. The van der Waals surface area contributed by atoms with Crippen LogP contribution in [0, 0.1) is 13.8 Å². The van der Waals surface area contributed by atoms with E-state index in [2.05, 4.69) is 16.0 Å². The van der Waals surface area contributed by atoms with Crippen LogP contribution in [0.5, 0.6) is 5.75 Å². The fraction of sp³-hybridized carbons (Fsp3) is 0.733. The van der Waals surface area contributed by atoms with Crippen LogP contribution in [-0.4, -0.2) is 204 Å². The molecule has 22 nitrogen and oxygen atoms in total. The van der Waals surface area contributed by atoms with E-state index in [4.69, 9.17) is 18.9 Å². The van der Waals surface area contributed by atoms with Crippen LogP contribution < -0.4 is 20.7 Å². The highest BCUT2D eigenvalue weighted by molar-refractivity contribution is 7.85. The van der Waals surface area contributed by atoms with Crippen LogP contribution in [0.4, 0.5) is 0 Å². The number of hydrogen-bond acceptors (Lipinski definition) is 17. The molecular formula is C45H77N7O15S2. The normalized spacial score (nSPS) is 16.5. The van der Waals surface area contributed by atoms with E-state index in [1.165, 1.54) is 0 Å². The molecule has 394 valence electrons. The van der Waals surface area contributed by atoms with E-state index in [0.29, 0.717) is 54.4 Å². The molecular weight excluding hydrogens is 943 g/mol. The van der Waals surface area contributed by atoms with Crippen molar-refractivity contribution >= 4 is 56.8 Å². The number of ether oxygens (including phenoxy) is 4. The zero-order chi connectivity index (χ0) is 52.3. The number of esters is 3. The van der Waals surface area contributed by atoms with Crippen molar-refractivity contribution in [2.24, 2.45) is 0 Å². The largest absolute Gasteiger partial charge is 0.494 e. The summed E-state index contributed by atoms with van der Waals surface area (Å²) in [7, 11) is -4.78. The SMILES string of the molecule is Cc1cc(OCCCC(=O)NCCNC(=O)[C@H](CS(=O)(=O)O)NC(=O)CN2CCN(CC(=O)OC(C)(C)C)CCN(CC(=O)OC(C)(C)C)CCN(CC(=O)OC(C)(C)C)CC2)cc(C)c1S(=O)O. The highest BCUT2D eigenvalue weighted by atomic mass is 32.2. The number of nitrogens with one attached hydrogen (secondary N) is 3. The van der Waals surface area contributed by atoms with E-state index in [9.17, 15) is 50.5 Å². The first-order chi connectivity index (χ1) is 31.8. The lowest BCUT2D eigenvalue weighted by atomic mass is 10.1. The summed E-state index contributed by atoms with van der Waals surface area (Å²) in [5.74, 6) is -4.10. The number of carbonyl (C=O) groups excluding carboxylic acids is 6. The number of nitrogens with zero attached hydrogens (tertiary/aromatic N) is 4. The van der Waals surface area contributed by atoms with Gasteiger partial charge in [0.15, 0.2) is 11.1 Å². The molecule has 0 aliphatic carbocycles. The van der Waals surface area contributed by atoms with Gasteiger partial charge in [-0.1, -0.05) is 0 Å². The van der Waals surface area contributed by atoms with Crippen molar-refractivity contribution in [2.45, 2.75) is 117 Å². The summed E-state index contributed by atoms with van der Waals surface area (Å²) >= 11 is -2.14. The molecule has 0 aromatic heterocycles. The summed E-state index contributed by atoms with van der Waals surface area (Å²) in [5, 5.41) is 7.53. The fourth-order valence-electron chi connectivity index (χ4n) is 7.01. The van der Waals surface area contributed by atoms with Gasteiger partial charge < -0.3 is 39.5 Å². The molecule has 1 saturated heterocycles. The molecule has 1 aromatic carbocycles. The molecule has 1 aliphatic heterocycles. The van der Waals surface area contributed by atoms with Gasteiger partial charge in [0.1, 0.15) is 34.3 Å². The lowest BCUT2D eigenvalue weighted by Gasteiger charge is -2.34. The second kappa shape index (κ2) is 27.9. The topological polar surface area (TPSA) is 280 Å². The Balaban J connectivity index is 2.16. The molecule has 0 saturated carbocycles. The number of amides is 3. The van der Waals surface area contributed by atoms with Gasteiger partial charge in [-0.05, 0) is 106 Å². The number of aryl methyl sites for hydroxylation is 2. The van der Waals surface area contributed by atoms with Gasteiger partial charge >= 0.3 is 17.9 Å². The maximum absolute atomic E-state index is 13.6. The molecule has 1 fully saturated rings. The minimum Gasteiger partial charge on any atom is -0.494 e. The van der Waals surface area contributed by atoms with Crippen molar-refractivity contribution in [3.63, 3.8) is 0 Å². The molecule has 1 aliphatic rings. The zero-order valence-electron chi connectivity index (χ0n) is 42.3. The molecule has 0 bridgehead atoms. The first kappa shape index (κ1) is 60.8. The van der Waals surface area contributed by atoms with Crippen molar-refractivity contribution in [1.82, 2.24) is 35.6 Å². The molecule has 2 rings (SSSR count). The van der Waals surface area contributed by atoms with Crippen molar-refractivity contribution in [1.29, 1.82) is 0 Å². The minimum atomic E-state index is -4.78. The Hall–Kier alpha value is -4.30. The first-order valence-corrected chi connectivity index (χ1v) is 25.7. The second-order valence-electron chi connectivity index (χ2n) is 20.0. The van der Waals surface area contributed by atoms with Crippen molar-refractivity contribution < 1.29 is 69.4 Å². The van der Waals surface area contributed by atoms with Crippen LogP contribution in [0.2, 0.25) is 0 Å². The molecule has 24 heteroatoms. The second-order valence-corrected chi connectivity index (χ2v) is 22.4. The minimum absolute atomic E-state index is 0.0394. The summed E-state index contributed by atoms with van der Waals surface area (Å²) in [6.45, 7) is 20.6. The summed E-state index contributed by atoms with van der Waals surface area (Å²) < 4.78 is 77.3. The molecule has 3 amide bonds. The molecule has 1 heterocycles. The van der Waals surface area contributed by atoms with Crippen LogP contribution in [0.15, 0.2) is 17.0 Å². The number of hydrogen-bond donors (Lipinski definition) is 5. The van der Waals surface area contributed by atoms with Gasteiger partial charge in [-0.2, -0.15) is 8.42 Å². The van der Waals surface area contributed by atoms with Gasteiger partial charge in [0, 0.05) is 71.9 Å². The third-order valence-electron chi connectivity index (χ3n) is 9.82. The Labute approximate surface area is 410 Å². The third-order valence-corrected chi connectivity index (χ3v) is 11.6. The third kappa shape index (κ3) is 27.6. The lowest BCUT2D eigenvalue weighted by Crippen LogP contribution is -2.54. The summed E-state index contributed by atoms with van der Waals surface area (Å²) in [6.07, 6.45) is 0.411. The van der Waals surface area contributed by atoms with E-state index in [1.54, 1.807) is 93.2 Å². The molecule has 1 aromatic rings. The van der Waals surface area contributed by atoms with Gasteiger partial charge in [0.25, 0.3) is 10.1 Å². The Kier molecular flexibility index (Phi) is 24.6. The van der Waals surface area contributed by atoms with E-state index >= 15 is 0 Å². The fourth-order valence-corrected chi connectivity index (χ4v) is 8.33. The smallest absolute Gasteiger partial charge is 0.320 e. The number of rotatable bonds is 21. The monoisotopic (exact) mass is 1020 g/mol. The molecule has 1 unspecified atom stereocenters. The lowest BCUT2D eigenvalue weighted by molar-refractivity contribution is -0.158. The Bertz CT molecular complexity index is 1970. The molecule has 69 heavy (non-hydrogen) atoms. The predicted molar refractivity (Wildman–Crippen MR) is 257 cm³/mol. The molecule has 5 N–H and O–H groups in total. The van der Waals surface area contributed by atoms with Crippen LogP contribution in [0.1, 0.15) is 86.3 Å². The highest BCUT2D eigenvalue weighted by Crippen LogP contribution is 2.24. The summed E-state index contributed by atoms with van der Waals surface area (Å²) in [5.41, 5.74) is -1.05. The van der Waals surface area contributed by atoms with Crippen molar-refractivity contribution in [3.05, 3.63) is 23.3 Å². The van der Waals surface area contributed by atoms with Crippen LogP contribution in [-0.2, 0) is 64.2 Å². The molecule has 0 radical (unpaired) electrons. The van der Waals surface area contributed by atoms with Gasteiger partial charge in [-0.25, -0.2) is 4.21 Å². The van der Waals surface area contributed by atoms with Gasteiger partial charge in [-0.3, -0.25) is 52.9 Å². The molecule has 0 spiro atoms. The maximum atomic E-state index is 13.6. The maximum Gasteiger partial charge on any atom is 0.320 e. The number of benzene rings is 1. The van der Waals surface area contributed by atoms with E-state index in [-0.39, 0.29) is 84.4 Å². The van der Waals surface area contributed by atoms with Crippen LogP contribution in [0.3, 0.4) is 0 Å². The Morgan fingerprint density at radius 2 is 1.03 bits per heavy atom.